The van der Waals surface area contributed by atoms with Gasteiger partial charge in [-0.25, -0.2) is 8.42 Å². The van der Waals surface area contributed by atoms with Crippen LogP contribution in [0.3, 0.4) is 0 Å². The molecule has 0 N–H and O–H groups in total. The number of likely N-dealkylation sites (N-methyl/N-ethyl adjacent to an activating group) is 1. The van der Waals surface area contributed by atoms with E-state index in [1.165, 1.54) is 30.6 Å². The zero-order valence-corrected chi connectivity index (χ0v) is 30.4. The van der Waals surface area contributed by atoms with Gasteiger partial charge in [0.05, 0.1) is 28.9 Å². The molecule has 3 aromatic rings. The number of esters is 2. The average molecular weight is 759 g/mol. The molecular weight excluding hydrogens is 719 g/mol. The molecule has 0 radical (unpaired) electrons. The Labute approximate surface area is 301 Å². The fourth-order valence-electron chi connectivity index (χ4n) is 4.87. The second-order valence-electron chi connectivity index (χ2n) is 12.8. The number of hydrogen-bond acceptors (Lipinski definition) is 10. The van der Waals surface area contributed by atoms with Crippen LogP contribution in [0.1, 0.15) is 56.4 Å². The molecule has 1 fully saturated rings. The zero-order valence-electron chi connectivity index (χ0n) is 27.9. The van der Waals surface area contributed by atoms with E-state index in [0.717, 1.165) is 22.7 Å². The highest BCUT2D eigenvalue weighted by atomic mass is 35.5. The highest BCUT2D eigenvalue weighted by Crippen LogP contribution is 2.38. The van der Waals surface area contributed by atoms with Crippen molar-refractivity contribution in [2.75, 3.05) is 31.0 Å². The molecule has 1 saturated carbocycles. The summed E-state index contributed by atoms with van der Waals surface area (Å²) in [6.45, 7) is 1.99. The standard InChI is InChI=1S/C34H39Cl2F2N3O8S/c1-34(2,3)49-32(43)19-41(50(44)45)24-10-7-21(8-11-24)17-40(4)18-31(42)47-29(14-25-26(35)15-39-16-27(25)36)23-9-12-28(48-33(37)38)30(13-23)46-20-22-5-6-22/h7-13,15-16,22,29,33,50H,5-6,14,17-20H2,1-4H3. The summed E-state index contributed by atoms with van der Waals surface area (Å²) in [4.78, 5) is 31.2. The molecule has 1 atom stereocenters. The predicted molar refractivity (Wildman–Crippen MR) is 184 cm³/mol. The zero-order chi connectivity index (χ0) is 36.6. The van der Waals surface area contributed by atoms with Gasteiger partial charge < -0.3 is 18.9 Å². The molecule has 0 saturated heterocycles. The van der Waals surface area contributed by atoms with Gasteiger partial charge in [0.2, 0.25) is 10.9 Å². The summed E-state index contributed by atoms with van der Waals surface area (Å²) in [5.41, 5.74) is 1.18. The predicted octanol–water partition coefficient (Wildman–Crippen LogP) is 6.41. The van der Waals surface area contributed by atoms with Gasteiger partial charge in [0.15, 0.2) is 11.5 Å². The number of anilines is 1. The summed E-state index contributed by atoms with van der Waals surface area (Å²) in [6.07, 6.45) is 3.90. The van der Waals surface area contributed by atoms with Crippen LogP contribution in [0.25, 0.3) is 0 Å². The first-order valence-electron chi connectivity index (χ1n) is 15.7. The van der Waals surface area contributed by atoms with Crippen molar-refractivity contribution in [3.63, 3.8) is 0 Å². The maximum atomic E-state index is 13.3. The molecule has 1 aliphatic carbocycles. The van der Waals surface area contributed by atoms with E-state index in [-0.39, 0.29) is 46.7 Å². The Hall–Kier alpha value is -3.72. The van der Waals surface area contributed by atoms with E-state index < -0.39 is 47.7 Å². The summed E-state index contributed by atoms with van der Waals surface area (Å²) in [7, 11) is -1.42. The van der Waals surface area contributed by atoms with Crippen LogP contribution in [0.2, 0.25) is 10.0 Å². The van der Waals surface area contributed by atoms with Gasteiger partial charge in [0, 0.05) is 25.4 Å². The summed E-state index contributed by atoms with van der Waals surface area (Å²) in [5.74, 6) is -1.01. The molecular formula is C34H39Cl2F2N3O8S. The van der Waals surface area contributed by atoms with Crippen molar-refractivity contribution in [1.82, 2.24) is 9.88 Å². The van der Waals surface area contributed by atoms with Gasteiger partial charge in [-0.2, -0.15) is 8.78 Å². The Morgan fingerprint density at radius 1 is 0.980 bits per heavy atom. The van der Waals surface area contributed by atoms with Crippen LogP contribution in [0, 0.1) is 5.92 Å². The summed E-state index contributed by atoms with van der Waals surface area (Å²) < 4.78 is 72.7. The molecule has 11 nitrogen and oxygen atoms in total. The largest absolute Gasteiger partial charge is 0.489 e. The topological polar surface area (TPSA) is 125 Å². The monoisotopic (exact) mass is 757 g/mol. The second kappa shape index (κ2) is 17.5. The number of carbonyl (C=O) groups excluding carboxylic acids is 2. The van der Waals surface area contributed by atoms with Crippen LogP contribution in [-0.2, 0) is 42.9 Å². The number of benzene rings is 2. The first-order chi connectivity index (χ1) is 23.6. The normalized spacial score (nSPS) is 13.7. The minimum atomic E-state index is -3.12. The van der Waals surface area contributed by atoms with Crippen molar-refractivity contribution in [3.8, 4) is 11.5 Å². The number of nitrogens with zero attached hydrogens (tertiary/aromatic N) is 3. The number of hydrogen-bond donors (Lipinski definition) is 1. The number of ether oxygens (including phenoxy) is 4. The molecule has 272 valence electrons. The summed E-state index contributed by atoms with van der Waals surface area (Å²) in [5, 5.41) is 0.515. The maximum Gasteiger partial charge on any atom is 0.387 e. The molecule has 1 aliphatic rings. The molecule has 0 aliphatic heterocycles. The Morgan fingerprint density at radius 2 is 1.64 bits per heavy atom. The van der Waals surface area contributed by atoms with Crippen molar-refractivity contribution < 1.29 is 45.7 Å². The Bertz CT molecular complexity index is 1690. The second-order valence-corrected chi connectivity index (χ2v) is 14.6. The number of pyridine rings is 1. The van der Waals surface area contributed by atoms with Crippen LogP contribution >= 0.6 is 23.2 Å². The van der Waals surface area contributed by atoms with Gasteiger partial charge in [-0.05, 0) is 87.5 Å². The molecule has 16 heteroatoms. The molecule has 0 bridgehead atoms. The molecule has 50 heavy (non-hydrogen) atoms. The lowest BCUT2D eigenvalue weighted by Gasteiger charge is -2.24. The highest BCUT2D eigenvalue weighted by Gasteiger charge is 2.26. The molecule has 1 aromatic heterocycles. The Balaban J connectivity index is 1.47. The molecule has 0 amide bonds. The van der Waals surface area contributed by atoms with Crippen molar-refractivity contribution in [1.29, 1.82) is 0 Å². The molecule has 2 aromatic carbocycles. The van der Waals surface area contributed by atoms with Crippen molar-refractivity contribution in [2.45, 2.75) is 64.9 Å². The average Bonchev–Trinajstić information content (AvgIpc) is 3.84. The van der Waals surface area contributed by atoms with Crippen LogP contribution in [0.5, 0.6) is 11.5 Å². The number of aromatic nitrogens is 1. The lowest BCUT2D eigenvalue weighted by molar-refractivity contribution is -0.153. The van der Waals surface area contributed by atoms with Crippen molar-refractivity contribution in [2.24, 2.45) is 5.92 Å². The summed E-state index contributed by atoms with van der Waals surface area (Å²) in [6, 6.07) is 10.8. The van der Waals surface area contributed by atoms with Crippen molar-refractivity contribution in [3.05, 3.63) is 81.6 Å². The highest BCUT2D eigenvalue weighted by molar-refractivity contribution is 7.74. The van der Waals surface area contributed by atoms with Gasteiger partial charge >= 0.3 is 18.6 Å². The van der Waals surface area contributed by atoms with E-state index in [4.69, 9.17) is 37.4 Å². The molecule has 1 heterocycles. The van der Waals surface area contributed by atoms with Gasteiger partial charge in [-0.1, -0.05) is 41.4 Å². The van der Waals surface area contributed by atoms with Crippen LogP contribution in [-0.4, -0.2) is 69.2 Å². The van der Waals surface area contributed by atoms with Crippen LogP contribution in [0.15, 0.2) is 54.9 Å². The number of thiol groups is 1. The van der Waals surface area contributed by atoms with Crippen LogP contribution < -0.4 is 13.8 Å². The lowest BCUT2D eigenvalue weighted by Crippen LogP contribution is -2.34. The third-order valence-corrected chi connectivity index (χ3v) is 8.74. The van der Waals surface area contributed by atoms with E-state index >= 15 is 0 Å². The van der Waals surface area contributed by atoms with E-state index in [9.17, 15) is 26.8 Å². The van der Waals surface area contributed by atoms with Gasteiger partial charge in [0.25, 0.3) is 0 Å². The third kappa shape index (κ3) is 12.3. The van der Waals surface area contributed by atoms with E-state index in [2.05, 4.69) is 9.72 Å². The van der Waals surface area contributed by atoms with E-state index in [1.807, 2.05) is 0 Å². The fourth-order valence-corrected chi connectivity index (χ4v) is 5.94. The molecule has 0 spiro atoms. The smallest absolute Gasteiger partial charge is 0.387 e. The number of halogens is 4. The van der Waals surface area contributed by atoms with Gasteiger partial charge in [-0.15, -0.1) is 0 Å². The van der Waals surface area contributed by atoms with Crippen LogP contribution in [0.4, 0.5) is 14.5 Å². The van der Waals surface area contributed by atoms with E-state index in [1.54, 1.807) is 57.0 Å². The van der Waals surface area contributed by atoms with Gasteiger partial charge in [-0.3, -0.25) is 23.8 Å². The number of carbonyl (C=O) groups is 2. The van der Waals surface area contributed by atoms with Gasteiger partial charge in [0.1, 0.15) is 18.2 Å². The third-order valence-electron chi connectivity index (χ3n) is 7.32. The quantitative estimate of drug-likeness (QED) is 0.122. The Morgan fingerprint density at radius 3 is 2.22 bits per heavy atom. The minimum Gasteiger partial charge on any atom is -0.489 e. The first-order valence-corrected chi connectivity index (χ1v) is 17.6. The Kier molecular flexibility index (Phi) is 13.7. The maximum absolute atomic E-state index is 13.3. The molecule has 1 unspecified atom stereocenters. The number of alkyl halides is 2. The first kappa shape index (κ1) is 39.1. The fraction of sp³-hybridized carbons (Fsp3) is 0.441. The molecule has 4 rings (SSSR count). The SMILES string of the molecule is CN(CC(=O)OC(Cc1c(Cl)cncc1Cl)c1ccc(OC(F)F)c(OCC2CC2)c1)Cc1ccc(N(CC(=O)OC(C)(C)C)[SH](=O)=O)cc1. The summed E-state index contributed by atoms with van der Waals surface area (Å²) >= 11 is 12.8. The van der Waals surface area contributed by atoms with E-state index in [0.29, 0.717) is 23.7 Å². The van der Waals surface area contributed by atoms with Crippen molar-refractivity contribution >= 4 is 51.7 Å². The number of rotatable bonds is 17. The lowest BCUT2D eigenvalue weighted by atomic mass is 10.0. The minimum absolute atomic E-state index is 0.0516.